The first-order valence-corrected chi connectivity index (χ1v) is 7.13. The van der Waals surface area contributed by atoms with Crippen molar-refractivity contribution in [1.29, 1.82) is 0 Å². The molecule has 0 radical (unpaired) electrons. The highest BCUT2D eigenvalue weighted by atomic mass is 32.2. The van der Waals surface area contributed by atoms with E-state index in [1.165, 1.54) is 0 Å². The Kier molecular flexibility index (Phi) is 4.38. The van der Waals surface area contributed by atoms with Crippen LogP contribution in [-0.2, 0) is 9.84 Å². The summed E-state index contributed by atoms with van der Waals surface area (Å²) in [5.41, 5.74) is 0. The Morgan fingerprint density at radius 2 is 2.14 bits per heavy atom. The van der Waals surface area contributed by atoms with Gasteiger partial charge in [-0.2, -0.15) is 0 Å². The average Bonchev–Trinajstić information content (AvgIpc) is 2.44. The molecule has 1 heterocycles. The van der Waals surface area contributed by atoms with E-state index in [9.17, 15) is 8.42 Å². The van der Waals surface area contributed by atoms with Gasteiger partial charge < -0.3 is 5.32 Å². The number of hydrogen-bond donors (Lipinski definition) is 1. The van der Waals surface area contributed by atoms with Crippen LogP contribution in [0.15, 0.2) is 0 Å². The highest BCUT2D eigenvalue weighted by Crippen LogP contribution is 2.18. The van der Waals surface area contributed by atoms with Gasteiger partial charge in [0, 0.05) is 6.54 Å². The summed E-state index contributed by atoms with van der Waals surface area (Å²) in [5, 5.41) is 2.86. The first-order valence-electron chi connectivity index (χ1n) is 5.52. The summed E-state index contributed by atoms with van der Waals surface area (Å²) in [5.74, 6) is 0. The molecule has 0 bridgehead atoms. The van der Waals surface area contributed by atoms with Gasteiger partial charge >= 0.3 is 0 Å². The fourth-order valence-corrected chi connectivity index (χ4v) is 3.80. The van der Waals surface area contributed by atoms with Gasteiger partial charge in [0.05, 0.1) is 10.5 Å². The summed E-state index contributed by atoms with van der Waals surface area (Å²) >= 11 is 0. The molecule has 1 aliphatic heterocycles. The van der Waals surface area contributed by atoms with Crippen LogP contribution >= 0.6 is 0 Å². The molecule has 1 rings (SSSR count). The molecule has 14 heavy (non-hydrogen) atoms. The summed E-state index contributed by atoms with van der Waals surface area (Å²) in [4.78, 5) is 0. The van der Waals surface area contributed by atoms with Crippen molar-refractivity contribution < 1.29 is 8.42 Å². The third kappa shape index (κ3) is 2.70. The molecule has 1 N–H and O–H groups in total. The molecule has 84 valence electrons. The van der Waals surface area contributed by atoms with E-state index in [0.29, 0.717) is 6.54 Å². The molecule has 2 unspecified atom stereocenters. The molecule has 0 spiro atoms. The maximum absolute atomic E-state index is 12.0. The zero-order valence-electron chi connectivity index (χ0n) is 9.12. The van der Waals surface area contributed by atoms with E-state index in [1.54, 1.807) is 0 Å². The predicted octanol–water partition coefficient (Wildman–Crippen LogP) is 1.34. The van der Waals surface area contributed by atoms with E-state index in [0.717, 1.165) is 32.2 Å². The first kappa shape index (κ1) is 12.0. The van der Waals surface area contributed by atoms with Crippen LogP contribution in [0.4, 0.5) is 0 Å². The summed E-state index contributed by atoms with van der Waals surface area (Å²) in [6.07, 6.45) is 3.69. The van der Waals surface area contributed by atoms with Gasteiger partial charge in [-0.05, 0) is 32.7 Å². The van der Waals surface area contributed by atoms with Crippen molar-refractivity contribution in [2.45, 2.75) is 50.0 Å². The van der Waals surface area contributed by atoms with Crippen molar-refractivity contribution in [3.63, 3.8) is 0 Å². The Morgan fingerprint density at radius 3 is 2.79 bits per heavy atom. The standard InChI is InChI=1S/C10H21NO2S/c1-3-9(2)14(12,13)10-6-4-5-7-11-8-10/h9-11H,3-8H2,1-2H3. The number of nitrogens with one attached hydrogen (secondary N) is 1. The second kappa shape index (κ2) is 5.12. The largest absolute Gasteiger partial charge is 0.315 e. The number of rotatable bonds is 3. The van der Waals surface area contributed by atoms with Gasteiger partial charge in [-0.15, -0.1) is 0 Å². The zero-order chi connectivity index (χ0) is 10.6. The van der Waals surface area contributed by atoms with Gasteiger partial charge in [0.2, 0.25) is 0 Å². The second-order valence-corrected chi connectivity index (χ2v) is 6.78. The lowest BCUT2D eigenvalue weighted by Gasteiger charge is -2.19. The maximum atomic E-state index is 12.0. The topological polar surface area (TPSA) is 46.2 Å². The fraction of sp³-hybridized carbons (Fsp3) is 1.00. The Balaban J connectivity index is 2.69. The van der Waals surface area contributed by atoms with Crippen LogP contribution < -0.4 is 5.32 Å². The van der Waals surface area contributed by atoms with E-state index in [1.807, 2.05) is 13.8 Å². The molecule has 4 heteroatoms. The Morgan fingerprint density at radius 1 is 1.43 bits per heavy atom. The molecule has 2 atom stereocenters. The van der Waals surface area contributed by atoms with Crippen LogP contribution in [0.2, 0.25) is 0 Å². The monoisotopic (exact) mass is 219 g/mol. The van der Waals surface area contributed by atoms with Crippen LogP contribution in [0.1, 0.15) is 39.5 Å². The number of sulfone groups is 1. The highest BCUT2D eigenvalue weighted by molar-refractivity contribution is 7.92. The van der Waals surface area contributed by atoms with Gasteiger partial charge in [0.15, 0.2) is 9.84 Å². The molecule has 3 nitrogen and oxygen atoms in total. The van der Waals surface area contributed by atoms with Crippen molar-refractivity contribution in [1.82, 2.24) is 5.32 Å². The van der Waals surface area contributed by atoms with Gasteiger partial charge in [0.1, 0.15) is 0 Å². The molecule has 1 fully saturated rings. The maximum Gasteiger partial charge on any atom is 0.156 e. The summed E-state index contributed by atoms with van der Waals surface area (Å²) in [7, 11) is -2.90. The highest BCUT2D eigenvalue weighted by Gasteiger charge is 2.30. The quantitative estimate of drug-likeness (QED) is 0.779. The number of hydrogen-bond acceptors (Lipinski definition) is 3. The lowest BCUT2D eigenvalue weighted by molar-refractivity contribution is 0.552. The Hall–Kier alpha value is -0.0900. The van der Waals surface area contributed by atoms with Crippen molar-refractivity contribution in [2.24, 2.45) is 0 Å². The van der Waals surface area contributed by atoms with Gasteiger partial charge in [-0.25, -0.2) is 8.42 Å². The van der Waals surface area contributed by atoms with Crippen molar-refractivity contribution in [3.8, 4) is 0 Å². The summed E-state index contributed by atoms with van der Waals surface area (Å²) in [6.45, 7) is 5.37. The fourth-order valence-electron chi connectivity index (χ4n) is 1.83. The molecule has 0 saturated carbocycles. The SMILES string of the molecule is CCC(C)S(=O)(=O)C1CCCCNC1. The lowest BCUT2D eigenvalue weighted by atomic mass is 10.2. The van der Waals surface area contributed by atoms with Crippen molar-refractivity contribution in [2.75, 3.05) is 13.1 Å². The Bertz CT molecular complexity index is 253. The normalized spacial score (nSPS) is 26.9. The minimum absolute atomic E-state index is 0.153. The van der Waals surface area contributed by atoms with Crippen LogP contribution in [0.25, 0.3) is 0 Å². The summed E-state index contributed by atoms with van der Waals surface area (Å²) in [6, 6.07) is 0. The third-order valence-corrected chi connectivity index (χ3v) is 5.89. The first-order chi connectivity index (χ1) is 6.59. The zero-order valence-corrected chi connectivity index (χ0v) is 9.94. The van der Waals surface area contributed by atoms with Gasteiger partial charge in [-0.1, -0.05) is 13.3 Å². The van der Waals surface area contributed by atoms with E-state index in [4.69, 9.17) is 0 Å². The minimum atomic E-state index is -2.90. The van der Waals surface area contributed by atoms with Crippen LogP contribution in [-0.4, -0.2) is 32.0 Å². The predicted molar refractivity (Wildman–Crippen MR) is 59.2 cm³/mol. The van der Waals surface area contributed by atoms with Crippen molar-refractivity contribution >= 4 is 9.84 Å². The van der Waals surface area contributed by atoms with Gasteiger partial charge in [0.25, 0.3) is 0 Å². The Labute approximate surface area is 87.2 Å². The minimum Gasteiger partial charge on any atom is -0.315 e. The van der Waals surface area contributed by atoms with Crippen LogP contribution in [0.5, 0.6) is 0 Å². The van der Waals surface area contributed by atoms with E-state index in [2.05, 4.69) is 5.32 Å². The molecular formula is C10H21NO2S. The smallest absolute Gasteiger partial charge is 0.156 e. The van der Waals surface area contributed by atoms with Gasteiger partial charge in [-0.3, -0.25) is 0 Å². The van der Waals surface area contributed by atoms with E-state index < -0.39 is 9.84 Å². The molecule has 0 aliphatic carbocycles. The second-order valence-electron chi connectivity index (χ2n) is 4.13. The molecule has 1 saturated heterocycles. The molecule has 1 aliphatic rings. The molecule has 0 aromatic rings. The van der Waals surface area contributed by atoms with Crippen molar-refractivity contribution in [3.05, 3.63) is 0 Å². The van der Waals surface area contributed by atoms with Crippen LogP contribution in [0.3, 0.4) is 0 Å². The molecular weight excluding hydrogens is 198 g/mol. The molecule has 0 aromatic heterocycles. The summed E-state index contributed by atoms with van der Waals surface area (Å²) < 4.78 is 24.1. The lowest BCUT2D eigenvalue weighted by Crippen LogP contribution is -2.36. The molecule has 0 aromatic carbocycles. The van der Waals surface area contributed by atoms with Crippen LogP contribution in [0, 0.1) is 0 Å². The van der Waals surface area contributed by atoms with E-state index in [-0.39, 0.29) is 10.5 Å². The molecule has 0 amide bonds. The van der Waals surface area contributed by atoms with E-state index >= 15 is 0 Å². The average molecular weight is 219 g/mol. The third-order valence-electron chi connectivity index (χ3n) is 3.10.